The summed E-state index contributed by atoms with van der Waals surface area (Å²) >= 11 is 3.42. The topological polar surface area (TPSA) is 25.8 Å². The lowest BCUT2D eigenvalue weighted by Crippen LogP contribution is -1.82. The monoisotopic (exact) mass is 234 g/mol. The van der Waals surface area contributed by atoms with Gasteiger partial charge in [0.1, 0.15) is 6.33 Å². The lowest BCUT2D eigenvalue weighted by molar-refractivity contribution is 1.17. The zero-order valence-electron chi connectivity index (χ0n) is 6.81. The van der Waals surface area contributed by atoms with Crippen LogP contribution in [0, 0.1) is 0 Å². The molecule has 0 aliphatic carbocycles. The van der Waals surface area contributed by atoms with Crippen LogP contribution in [0.2, 0.25) is 0 Å². The summed E-state index contributed by atoms with van der Waals surface area (Å²) in [7, 11) is 0. The fourth-order valence-electron chi connectivity index (χ4n) is 1.11. The molecular formula is C10H7BrN2. The predicted molar refractivity (Wildman–Crippen MR) is 55.2 cm³/mol. The minimum absolute atomic E-state index is 0.941. The molecule has 0 saturated carbocycles. The number of rotatable bonds is 1. The van der Waals surface area contributed by atoms with Gasteiger partial charge in [0, 0.05) is 16.2 Å². The molecule has 0 atom stereocenters. The quantitative estimate of drug-likeness (QED) is 0.759. The Morgan fingerprint density at radius 3 is 2.77 bits per heavy atom. The largest absolute Gasteiger partial charge is 0.245 e. The molecule has 2 rings (SSSR count). The van der Waals surface area contributed by atoms with Gasteiger partial charge in [-0.05, 0) is 18.2 Å². The maximum absolute atomic E-state index is 4.16. The minimum Gasteiger partial charge on any atom is -0.245 e. The van der Waals surface area contributed by atoms with E-state index in [9.17, 15) is 0 Å². The van der Waals surface area contributed by atoms with Crippen LogP contribution < -0.4 is 0 Å². The fraction of sp³-hybridized carbons (Fsp3) is 0. The molecule has 2 nitrogen and oxygen atoms in total. The number of aromatic nitrogens is 2. The second-order valence-electron chi connectivity index (χ2n) is 2.60. The van der Waals surface area contributed by atoms with Crippen molar-refractivity contribution >= 4 is 15.9 Å². The highest BCUT2D eigenvalue weighted by molar-refractivity contribution is 9.10. The molecule has 13 heavy (non-hydrogen) atoms. The van der Waals surface area contributed by atoms with Gasteiger partial charge >= 0.3 is 0 Å². The Hall–Kier alpha value is -1.22. The highest BCUT2D eigenvalue weighted by atomic mass is 79.9. The lowest BCUT2D eigenvalue weighted by Gasteiger charge is -1.99. The van der Waals surface area contributed by atoms with E-state index in [1.807, 2.05) is 30.3 Å². The number of hydrogen-bond donors (Lipinski definition) is 0. The molecule has 0 radical (unpaired) electrons. The van der Waals surface area contributed by atoms with Gasteiger partial charge in [-0.1, -0.05) is 28.1 Å². The van der Waals surface area contributed by atoms with E-state index < -0.39 is 0 Å². The van der Waals surface area contributed by atoms with Gasteiger partial charge in [-0.3, -0.25) is 0 Å². The first kappa shape index (κ1) is 8.38. The van der Waals surface area contributed by atoms with Gasteiger partial charge in [-0.25, -0.2) is 9.97 Å². The van der Waals surface area contributed by atoms with Crippen LogP contribution in [0.5, 0.6) is 0 Å². The first-order valence-electron chi connectivity index (χ1n) is 3.88. The van der Waals surface area contributed by atoms with Crippen LogP contribution >= 0.6 is 15.9 Å². The Labute approximate surface area is 84.8 Å². The molecule has 2 aromatic rings. The second kappa shape index (κ2) is 3.66. The maximum atomic E-state index is 4.16. The lowest BCUT2D eigenvalue weighted by atomic mass is 10.1. The number of halogens is 1. The molecular weight excluding hydrogens is 228 g/mol. The molecule has 1 aromatic carbocycles. The van der Waals surface area contributed by atoms with Gasteiger partial charge < -0.3 is 0 Å². The molecule has 0 saturated heterocycles. The summed E-state index contributed by atoms with van der Waals surface area (Å²) in [6.45, 7) is 0. The molecule has 0 amide bonds. The first-order valence-corrected chi connectivity index (χ1v) is 4.67. The molecule has 0 unspecified atom stereocenters. The van der Waals surface area contributed by atoms with Crippen LogP contribution in [0.4, 0.5) is 0 Å². The van der Waals surface area contributed by atoms with E-state index in [1.165, 1.54) is 0 Å². The SMILES string of the molecule is Brc1cccc(-c2ccncn2)c1. The summed E-state index contributed by atoms with van der Waals surface area (Å²) in [5, 5.41) is 0. The van der Waals surface area contributed by atoms with Crippen molar-refractivity contribution < 1.29 is 0 Å². The molecule has 0 spiro atoms. The van der Waals surface area contributed by atoms with Crippen LogP contribution in [-0.4, -0.2) is 9.97 Å². The van der Waals surface area contributed by atoms with Crippen molar-refractivity contribution in [3.63, 3.8) is 0 Å². The first-order chi connectivity index (χ1) is 6.36. The van der Waals surface area contributed by atoms with Crippen molar-refractivity contribution in [1.29, 1.82) is 0 Å². The van der Waals surface area contributed by atoms with E-state index in [0.717, 1.165) is 15.7 Å². The van der Waals surface area contributed by atoms with E-state index >= 15 is 0 Å². The summed E-state index contributed by atoms with van der Waals surface area (Å²) in [6, 6.07) is 9.92. The normalized spacial score (nSPS) is 9.92. The highest BCUT2D eigenvalue weighted by Crippen LogP contribution is 2.19. The molecule has 0 bridgehead atoms. The Morgan fingerprint density at radius 1 is 1.15 bits per heavy atom. The summed E-state index contributed by atoms with van der Waals surface area (Å²) in [6.07, 6.45) is 3.29. The van der Waals surface area contributed by atoms with Crippen LogP contribution in [0.25, 0.3) is 11.3 Å². The van der Waals surface area contributed by atoms with Gasteiger partial charge in [0.05, 0.1) is 5.69 Å². The molecule has 0 aliphatic heterocycles. The molecule has 1 heterocycles. The van der Waals surface area contributed by atoms with Crippen LogP contribution in [0.15, 0.2) is 47.3 Å². The van der Waals surface area contributed by atoms with Gasteiger partial charge in [0.2, 0.25) is 0 Å². The van der Waals surface area contributed by atoms with E-state index in [4.69, 9.17) is 0 Å². The van der Waals surface area contributed by atoms with Crippen LogP contribution in [0.3, 0.4) is 0 Å². The van der Waals surface area contributed by atoms with Crippen molar-refractivity contribution in [3.8, 4) is 11.3 Å². The van der Waals surface area contributed by atoms with Gasteiger partial charge in [-0.2, -0.15) is 0 Å². The third-order valence-electron chi connectivity index (χ3n) is 1.70. The minimum atomic E-state index is 0.941. The van der Waals surface area contributed by atoms with E-state index in [1.54, 1.807) is 12.5 Å². The average molecular weight is 235 g/mol. The predicted octanol–water partition coefficient (Wildman–Crippen LogP) is 2.91. The Morgan fingerprint density at radius 2 is 2.08 bits per heavy atom. The number of nitrogens with zero attached hydrogens (tertiary/aromatic N) is 2. The molecule has 0 N–H and O–H groups in total. The summed E-state index contributed by atoms with van der Waals surface area (Å²) in [4.78, 5) is 8.03. The van der Waals surface area contributed by atoms with Gasteiger partial charge in [0.15, 0.2) is 0 Å². The summed E-state index contributed by atoms with van der Waals surface area (Å²) in [5.41, 5.74) is 2.04. The van der Waals surface area contributed by atoms with Crippen molar-refractivity contribution in [2.45, 2.75) is 0 Å². The van der Waals surface area contributed by atoms with Crippen molar-refractivity contribution in [2.24, 2.45) is 0 Å². The van der Waals surface area contributed by atoms with Crippen molar-refractivity contribution in [3.05, 3.63) is 47.3 Å². The molecule has 3 heteroatoms. The van der Waals surface area contributed by atoms with Crippen LogP contribution in [-0.2, 0) is 0 Å². The van der Waals surface area contributed by atoms with Crippen molar-refractivity contribution in [2.75, 3.05) is 0 Å². The Kier molecular flexibility index (Phi) is 2.36. The fourth-order valence-corrected chi connectivity index (χ4v) is 1.51. The van der Waals surface area contributed by atoms with E-state index in [0.29, 0.717) is 0 Å². The van der Waals surface area contributed by atoms with Crippen molar-refractivity contribution in [1.82, 2.24) is 9.97 Å². The number of hydrogen-bond acceptors (Lipinski definition) is 2. The van der Waals surface area contributed by atoms with Gasteiger partial charge in [-0.15, -0.1) is 0 Å². The van der Waals surface area contributed by atoms with E-state index in [2.05, 4.69) is 25.9 Å². The third-order valence-corrected chi connectivity index (χ3v) is 2.20. The number of benzene rings is 1. The molecule has 1 aromatic heterocycles. The Balaban J connectivity index is 2.48. The molecule has 0 fully saturated rings. The average Bonchev–Trinajstić information content (AvgIpc) is 2.19. The third kappa shape index (κ3) is 1.92. The zero-order chi connectivity index (χ0) is 9.10. The van der Waals surface area contributed by atoms with Crippen LogP contribution in [0.1, 0.15) is 0 Å². The Bertz CT molecular complexity index is 401. The zero-order valence-corrected chi connectivity index (χ0v) is 8.40. The maximum Gasteiger partial charge on any atom is 0.116 e. The van der Waals surface area contributed by atoms with E-state index in [-0.39, 0.29) is 0 Å². The smallest absolute Gasteiger partial charge is 0.116 e. The summed E-state index contributed by atoms with van der Waals surface area (Å²) < 4.78 is 1.06. The molecule has 0 aliphatic rings. The second-order valence-corrected chi connectivity index (χ2v) is 3.52. The van der Waals surface area contributed by atoms with Gasteiger partial charge in [0.25, 0.3) is 0 Å². The summed E-state index contributed by atoms with van der Waals surface area (Å²) in [5.74, 6) is 0. The standard InChI is InChI=1S/C10H7BrN2/c11-9-3-1-2-8(6-9)10-4-5-12-7-13-10/h1-7H. The molecule has 64 valence electrons. The highest BCUT2D eigenvalue weighted by Gasteiger charge is 1.97.